The number of Topliss-reactive ketones (excluding diaryl/α,β-unsaturated/α-hetero) is 1. The zero-order valence-corrected chi connectivity index (χ0v) is 7.08. The maximum atomic E-state index is 11.2. The highest BCUT2D eigenvalue weighted by Crippen LogP contribution is 2.17. The maximum Gasteiger partial charge on any atom is 0.149 e. The topological polar surface area (TPSA) is 40.5 Å². The number of nitrogens with zero attached hydrogens (tertiary/aromatic N) is 1. The first kappa shape index (κ1) is 8.68. The van der Waals surface area contributed by atoms with Crippen LogP contribution in [0.5, 0.6) is 0 Å². The van der Waals surface area contributed by atoms with Crippen molar-refractivity contribution in [3.05, 3.63) is 0 Å². The molecule has 0 spiro atoms. The van der Waals surface area contributed by atoms with E-state index in [2.05, 4.69) is 0 Å². The van der Waals surface area contributed by atoms with Crippen molar-refractivity contribution in [3.8, 4) is 0 Å². The predicted octanol–water partition coefficient (Wildman–Crippen LogP) is 0.0305. The van der Waals surface area contributed by atoms with Gasteiger partial charge in [0.05, 0.1) is 12.1 Å². The molecule has 0 bridgehead atoms. The lowest BCUT2D eigenvalue weighted by Gasteiger charge is -2.15. The zero-order chi connectivity index (χ0) is 8.43. The van der Waals surface area contributed by atoms with Crippen molar-refractivity contribution < 1.29 is 9.90 Å². The first-order valence-electron chi connectivity index (χ1n) is 4.06. The van der Waals surface area contributed by atoms with Crippen LogP contribution in [0.2, 0.25) is 0 Å². The number of hydrogen-bond acceptors (Lipinski definition) is 3. The minimum atomic E-state index is -0.305. The van der Waals surface area contributed by atoms with Crippen LogP contribution in [-0.4, -0.2) is 41.5 Å². The Morgan fingerprint density at radius 1 is 1.73 bits per heavy atom. The van der Waals surface area contributed by atoms with Crippen molar-refractivity contribution in [2.75, 3.05) is 13.6 Å². The van der Waals surface area contributed by atoms with Gasteiger partial charge in [0.15, 0.2) is 0 Å². The highest BCUT2D eigenvalue weighted by atomic mass is 16.3. The number of aliphatic hydroxyl groups excluding tert-OH is 1. The van der Waals surface area contributed by atoms with Crippen LogP contribution in [0.1, 0.15) is 19.8 Å². The zero-order valence-electron chi connectivity index (χ0n) is 7.08. The lowest BCUT2D eigenvalue weighted by atomic mass is 10.1. The normalized spacial score (nSPS) is 32.6. The number of β-amino-alcohol motifs (C(OH)–C–C–N with tert-alkyl or cyclic N) is 1. The van der Waals surface area contributed by atoms with E-state index in [1.165, 1.54) is 0 Å². The highest BCUT2D eigenvalue weighted by molar-refractivity contribution is 5.84. The van der Waals surface area contributed by atoms with Crippen molar-refractivity contribution in [1.82, 2.24) is 4.90 Å². The van der Waals surface area contributed by atoms with E-state index in [4.69, 9.17) is 0 Å². The molecule has 0 aromatic rings. The summed E-state index contributed by atoms with van der Waals surface area (Å²) >= 11 is 0. The molecule has 11 heavy (non-hydrogen) atoms. The molecule has 0 radical (unpaired) electrons. The van der Waals surface area contributed by atoms with Crippen LogP contribution >= 0.6 is 0 Å². The second kappa shape index (κ2) is 3.32. The molecule has 0 aromatic heterocycles. The quantitative estimate of drug-likeness (QED) is 0.615. The van der Waals surface area contributed by atoms with Crippen LogP contribution in [0.3, 0.4) is 0 Å². The SMILES string of the molecule is CCC(=O)[C@@H]1C[C@H](O)CN1C. The average molecular weight is 157 g/mol. The van der Waals surface area contributed by atoms with Crippen LogP contribution in [0.4, 0.5) is 0 Å². The van der Waals surface area contributed by atoms with Gasteiger partial charge < -0.3 is 5.11 Å². The van der Waals surface area contributed by atoms with Gasteiger partial charge in [-0.15, -0.1) is 0 Å². The van der Waals surface area contributed by atoms with Crippen LogP contribution in [0.15, 0.2) is 0 Å². The number of hydrogen-bond donors (Lipinski definition) is 1. The van der Waals surface area contributed by atoms with Crippen LogP contribution in [-0.2, 0) is 4.79 Å². The molecular formula is C8H15NO2. The van der Waals surface area contributed by atoms with Gasteiger partial charge in [-0.1, -0.05) is 6.92 Å². The molecule has 1 fully saturated rings. The summed E-state index contributed by atoms with van der Waals surface area (Å²) in [7, 11) is 1.88. The summed E-state index contributed by atoms with van der Waals surface area (Å²) in [6.45, 7) is 2.50. The molecule has 1 heterocycles. The van der Waals surface area contributed by atoms with E-state index in [-0.39, 0.29) is 17.9 Å². The minimum absolute atomic E-state index is 0.0324. The Kier molecular flexibility index (Phi) is 2.62. The second-order valence-electron chi connectivity index (χ2n) is 3.16. The van der Waals surface area contributed by atoms with Gasteiger partial charge in [0.2, 0.25) is 0 Å². The van der Waals surface area contributed by atoms with Crippen molar-refractivity contribution in [2.24, 2.45) is 0 Å². The summed E-state index contributed by atoms with van der Waals surface area (Å²) in [6.07, 6.45) is 0.880. The summed E-state index contributed by atoms with van der Waals surface area (Å²) < 4.78 is 0. The standard InChI is InChI=1S/C8H15NO2/c1-3-8(11)7-4-6(10)5-9(7)2/h6-7,10H,3-5H2,1-2H3/t6-,7-/m0/s1. The Morgan fingerprint density at radius 3 is 2.73 bits per heavy atom. The van der Waals surface area contributed by atoms with Crippen LogP contribution in [0.25, 0.3) is 0 Å². The van der Waals surface area contributed by atoms with Gasteiger partial charge in [-0.3, -0.25) is 9.69 Å². The van der Waals surface area contributed by atoms with E-state index in [0.717, 1.165) is 0 Å². The summed E-state index contributed by atoms with van der Waals surface area (Å²) in [5.74, 6) is 0.240. The summed E-state index contributed by atoms with van der Waals surface area (Å²) in [4.78, 5) is 13.1. The van der Waals surface area contributed by atoms with E-state index < -0.39 is 0 Å². The second-order valence-corrected chi connectivity index (χ2v) is 3.16. The number of likely N-dealkylation sites (N-methyl/N-ethyl adjacent to an activating group) is 1. The lowest BCUT2D eigenvalue weighted by molar-refractivity contribution is -0.122. The summed E-state index contributed by atoms with van der Waals surface area (Å²) in [6, 6.07) is -0.0324. The van der Waals surface area contributed by atoms with Gasteiger partial charge in [0.1, 0.15) is 5.78 Å². The average Bonchev–Trinajstić information content (AvgIpc) is 2.28. The third-order valence-corrected chi connectivity index (χ3v) is 2.25. The Labute approximate surface area is 67.0 Å². The fraction of sp³-hybridized carbons (Fsp3) is 0.875. The Bertz CT molecular complexity index is 158. The third kappa shape index (κ3) is 1.79. The smallest absolute Gasteiger partial charge is 0.149 e. The van der Waals surface area contributed by atoms with E-state index in [1.54, 1.807) is 0 Å². The minimum Gasteiger partial charge on any atom is -0.392 e. The Hall–Kier alpha value is -0.410. The molecule has 1 aliphatic heterocycles. The molecule has 1 rings (SSSR count). The molecule has 0 saturated carbocycles. The van der Waals surface area contributed by atoms with Crippen molar-refractivity contribution in [1.29, 1.82) is 0 Å². The van der Waals surface area contributed by atoms with E-state index >= 15 is 0 Å². The van der Waals surface area contributed by atoms with Crippen molar-refractivity contribution in [3.63, 3.8) is 0 Å². The molecule has 0 aliphatic carbocycles. The first-order valence-corrected chi connectivity index (χ1v) is 4.06. The van der Waals surface area contributed by atoms with Gasteiger partial charge in [0.25, 0.3) is 0 Å². The monoisotopic (exact) mass is 157 g/mol. The molecule has 1 saturated heterocycles. The van der Waals surface area contributed by atoms with Gasteiger partial charge in [-0.25, -0.2) is 0 Å². The van der Waals surface area contributed by atoms with Crippen molar-refractivity contribution in [2.45, 2.75) is 31.9 Å². The molecule has 3 nitrogen and oxygen atoms in total. The highest BCUT2D eigenvalue weighted by Gasteiger charge is 2.31. The van der Waals surface area contributed by atoms with Gasteiger partial charge in [0, 0.05) is 13.0 Å². The van der Waals surface area contributed by atoms with E-state index in [9.17, 15) is 9.90 Å². The maximum absolute atomic E-state index is 11.2. The Balaban J connectivity index is 2.52. The van der Waals surface area contributed by atoms with Crippen LogP contribution < -0.4 is 0 Å². The summed E-state index contributed by atoms with van der Waals surface area (Å²) in [5, 5.41) is 9.22. The van der Waals surface area contributed by atoms with Gasteiger partial charge in [-0.2, -0.15) is 0 Å². The predicted molar refractivity (Wildman–Crippen MR) is 42.3 cm³/mol. The van der Waals surface area contributed by atoms with E-state index in [1.807, 2.05) is 18.9 Å². The molecule has 3 heteroatoms. The molecule has 0 unspecified atom stereocenters. The molecular weight excluding hydrogens is 142 g/mol. The number of aliphatic hydroxyl groups is 1. The van der Waals surface area contributed by atoms with Crippen molar-refractivity contribution >= 4 is 5.78 Å². The number of ketones is 1. The molecule has 0 amide bonds. The first-order chi connectivity index (χ1) is 5.15. The molecule has 1 aliphatic rings. The largest absolute Gasteiger partial charge is 0.392 e. The lowest BCUT2D eigenvalue weighted by Crippen LogP contribution is -2.32. The van der Waals surface area contributed by atoms with E-state index in [0.29, 0.717) is 19.4 Å². The molecule has 1 N–H and O–H groups in total. The number of rotatable bonds is 2. The number of carbonyl (C=O) groups is 1. The van der Waals surface area contributed by atoms with Gasteiger partial charge in [-0.05, 0) is 13.5 Å². The number of likely N-dealkylation sites (tertiary alicyclic amines) is 1. The number of carbonyl (C=O) groups excluding carboxylic acids is 1. The third-order valence-electron chi connectivity index (χ3n) is 2.25. The fourth-order valence-electron chi connectivity index (χ4n) is 1.58. The Morgan fingerprint density at radius 2 is 2.36 bits per heavy atom. The molecule has 64 valence electrons. The molecule has 2 atom stereocenters. The van der Waals surface area contributed by atoms with Gasteiger partial charge >= 0.3 is 0 Å². The molecule has 0 aromatic carbocycles. The fourth-order valence-corrected chi connectivity index (χ4v) is 1.58. The van der Waals surface area contributed by atoms with Crippen LogP contribution in [0, 0.1) is 0 Å². The summed E-state index contributed by atoms with van der Waals surface area (Å²) in [5.41, 5.74) is 0.